The lowest BCUT2D eigenvalue weighted by Gasteiger charge is -2.26. The van der Waals surface area contributed by atoms with Crippen molar-refractivity contribution in [2.24, 2.45) is 5.92 Å². The van der Waals surface area contributed by atoms with E-state index in [2.05, 4.69) is 64.0 Å². The van der Waals surface area contributed by atoms with Gasteiger partial charge in [0.1, 0.15) is 0 Å². The number of hydrogen-bond donors (Lipinski definition) is 1. The molecule has 1 aliphatic carbocycles. The summed E-state index contributed by atoms with van der Waals surface area (Å²) in [6.07, 6.45) is 8.06. The highest BCUT2D eigenvalue weighted by molar-refractivity contribution is 7.99. The van der Waals surface area contributed by atoms with Gasteiger partial charge in [-0.15, -0.1) is 10.2 Å². The zero-order valence-electron chi connectivity index (χ0n) is 19.0. The van der Waals surface area contributed by atoms with Gasteiger partial charge in [0.2, 0.25) is 5.91 Å². The van der Waals surface area contributed by atoms with Crippen molar-refractivity contribution < 1.29 is 4.79 Å². The molecule has 1 N–H and O–H groups in total. The minimum Gasteiger partial charge on any atom is -0.353 e. The van der Waals surface area contributed by atoms with Gasteiger partial charge in [-0.2, -0.15) is 0 Å². The number of hydrogen-bond acceptors (Lipinski definition) is 5. The molecule has 1 aromatic carbocycles. The maximum Gasteiger partial charge on any atom is 0.230 e. The molecule has 4 rings (SSSR count). The van der Waals surface area contributed by atoms with Crippen molar-refractivity contribution in [2.75, 3.05) is 5.75 Å². The van der Waals surface area contributed by atoms with Crippen LogP contribution in [0.2, 0.25) is 0 Å². The predicted molar refractivity (Wildman–Crippen MR) is 129 cm³/mol. The molecular formula is C25H31N5OS. The number of benzene rings is 1. The van der Waals surface area contributed by atoms with E-state index in [1.165, 1.54) is 30.2 Å². The van der Waals surface area contributed by atoms with Crippen molar-refractivity contribution in [3.63, 3.8) is 0 Å². The van der Waals surface area contributed by atoms with Gasteiger partial charge in [-0.25, -0.2) is 0 Å². The highest BCUT2D eigenvalue weighted by Crippen LogP contribution is 2.32. The van der Waals surface area contributed by atoms with Crippen LogP contribution >= 0.6 is 11.8 Å². The maximum atomic E-state index is 12.7. The molecule has 1 saturated carbocycles. The maximum absolute atomic E-state index is 12.7. The van der Waals surface area contributed by atoms with Crippen LogP contribution in [0.1, 0.15) is 57.9 Å². The monoisotopic (exact) mass is 449 g/mol. The number of nitrogens with zero attached hydrogens (tertiary/aromatic N) is 4. The quantitative estimate of drug-likeness (QED) is 0.500. The van der Waals surface area contributed by atoms with Crippen molar-refractivity contribution in [1.82, 2.24) is 25.1 Å². The topological polar surface area (TPSA) is 72.7 Å². The van der Waals surface area contributed by atoms with Gasteiger partial charge in [0, 0.05) is 24.0 Å². The summed E-state index contributed by atoms with van der Waals surface area (Å²) < 4.78 is 2.06. The third-order valence-corrected chi connectivity index (χ3v) is 7.00. The molecule has 1 aliphatic rings. The van der Waals surface area contributed by atoms with Crippen LogP contribution in [-0.2, 0) is 4.79 Å². The summed E-state index contributed by atoms with van der Waals surface area (Å²) in [6.45, 7) is 6.64. The molecule has 3 aromatic rings. The largest absolute Gasteiger partial charge is 0.353 e. The third kappa shape index (κ3) is 5.21. The Morgan fingerprint density at radius 1 is 1.12 bits per heavy atom. The van der Waals surface area contributed by atoms with Crippen LogP contribution in [0.5, 0.6) is 0 Å². The fraction of sp³-hybridized carbons (Fsp3) is 0.440. The number of amides is 1. The van der Waals surface area contributed by atoms with Gasteiger partial charge in [-0.1, -0.05) is 50.7 Å². The van der Waals surface area contributed by atoms with Crippen LogP contribution in [-0.4, -0.2) is 37.5 Å². The summed E-state index contributed by atoms with van der Waals surface area (Å²) in [7, 11) is 0. The van der Waals surface area contributed by atoms with E-state index in [1.54, 1.807) is 12.4 Å². The number of carbonyl (C=O) groups is 1. The van der Waals surface area contributed by atoms with E-state index >= 15 is 0 Å². The summed E-state index contributed by atoms with van der Waals surface area (Å²) in [4.78, 5) is 16.9. The number of pyridine rings is 1. The van der Waals surface area contributed by atoms with E-state index in [-0.39, 0.29) is 5.91 Å². The first-order chi connectivity index (χ1) is 15.5. The van der Waals surface area contributed by atoms with Crippen molar-refractivity contribution in [1.29, 1.82) is 0 Å². The van der Waals surface area contributed by atoms with Gasteiger partial charge in [-0.05, 0) is 61.3 Å². The van der Waals surface area contributed by atoms with E-state index in [0.29, 0.717) is 22.9 Å². The van der Waals surface area contributed by atoms with Crippen LogP contribution in [0.25, 0.3) is 17.1 Å². The first kappa shape index (κ1) is 22.5. The molecule has 32 heavy (non-hydrogen) atoms. The van der Waals surface area contributed by atoms with Crippen LogP contribution in [0, 0.1) is 5.92 Å². The van der Waals surface area contributed by atoms with Gasteiger partial charge in [-0.3, -0.25) is 14.3 Å². The van der Waals surface area contributed by atoms with Crippen molar-refractivity contribution >= 4 is 17.7 Å². The Balaban J connectivity index is 1.59. The normalized spacial score (nSPS) is 18.6. The molecule has 0 saturated heterocycles. The van der Waals surface area contributed by atoms with E-state index in [4.69, 9.17) is 0 Å². The standard InChI is InChI=1S/C25H31N5OS/c1-17(2)21-8-4-5-9-22(21)30-24(19-7-6-14-26-15-19)28-29-25(30)32-16-23(31)27-20-12-10-18(3)11-13-20/h4-9,14-15,17-18,20H,10-13,16H2,1-3H3,(H,27,31). The molecular weight excluding hydrogens is 418 g/mol. The van der Waals surface area contributed by atoms with E-state index in [1.807, 2.05) is 18.2 Å². The molecule has 0 aliphatic heterocycles. The smallest absolute Gasteiger partial charge is 0.230 e. The van der Waals surface area contributed by atoms with Crippen LogP contribution in [0.15, 0.2) is 53.9 Å². The first-order valence-corrected chi connectivity index (χ1v) is 12.4. The molecule has 7 heteroatoms. The molecule has 168 valence electrons. The minimum atomic E-state index is 0.0594. The second-order valence-corrected chi connectivity index (χ2v) is 9.85. The van der Waals surface area contributed by atoms with E-state index < -0.39 is 0 Å². The summed E-state index contributed by atoms with van der Waals surface area (Å²) in [5.41, 5.74) is 3.14. The number of para-hydroxylation sites is 1. The Kier molecular flexibility index (Phi) is 7.25. The van der Waals surface area contributed by atoms with Gasteiger partial charge in [0.25, 0.3) is 0 Å². The number of rotatable bonds is 7. The lowest BCUT2D eigenvalue weighted by atomic mass is 9.87. The highest BCUT2D eigenvalue weighted by Gasteiger charge is 2.22. The van der Waals surface area contributed by atoms with Crippen molar-refractivity contribution in [2.45, 2.75) is 63.6 Å². The Morgan fingerprint density at radius 3 is 2.62 bits per heavy atom. The summed E-state index contributed by atoms with van der Waals surface area (Å²) in [6, 6.07) is 12.5. The zero-order valence-corrected chi connectivity index (χ0v) is 19.8. The molecule has 1 fully saturated rings. The summed E-state index contributed by atoms with van der Waals surface area (Å²) >= 11 is 1.43. The lowest BCUT2D eigenvalue weighted by molar-refractivity contribution is -0.119. The number of thioether (sulfide) groups is 1. The second kappa shape index (κ2) is 10.3. The van der Waals surface area contributed by atoms with Crippen molar-refractivity contribution in [3.8, 4) is 17.1 Å². The molecule has 0 radical (unpaired) electrons. The Hall–Kier alpha value is -2.67. The fourth-order valence-electron chi connectivity index (χ4n) is 4.25. The minimum absolute atomic E-state index is 0.0594. The highest BCUT2D eigenvalue weighted by atomic mass is 32.2. The number of nitrogens with one attached hydrogen (secondary N) is 1. The molecule has 6 nitrogen and oxygen atoms in total. The van der Waals surface area contributed by atoms with Gasteiger partial charge in [0.15, 0.2) is 11.0 Å². The first-order valence-electron chi connectivity index (χ1n) is 11.4. The van der Waals surface area contributed by atoms with E-state index in [9.17, 15) is 4.79 Å². The molecule has 1 amide bonds. The van der Waals surface area contributed by atoms with Gasteiger partial charge < -0.3 is 5.32 Å². The molecule has 0 atom stereocenters. The molecule has 2 aromatic heterocycles. The van der Waals surface area contributed by atoms with Gasteiger partial charge >= 0.3 is 0 Å². The number of carbonyl (C=O) groups excluding carboxylic acids is 1. The fourth-order valence-corrected chi connectivity index (χ4v) is 5.00. The Bertz CT molecular complexity index is 1040. The van der Waals surface area contributed by atoms with Crippen LogP contribution in [0.3, 0.4) is 0 Å². The Labute approximate surface area is 194 Å². The summed E-state index contributed by atoms with van der Waals surface area (Å²) in [5, 5.41) is 12.9. The third-order valence-electron chi connectivity index (χ3n) is 6.07. The van der Waals surface area contributed by atoms with Gasteiger partial charge in [0.05, 0.1) is 11.4 Å². The number of aromatic nitrogens is 4. The average molecular weight is 450 g/mol. The van der Waals surface area contributed by atoms with Crippen LogP contribution in [0.4, 0.5) is 0 Å². The molecule has 0 spiro atoms. The second-order valence-electron chi connectivity index (χ2n) is 8.91. The van der Waals surface area contributed by atoms with Crippen LogP contribution < -0.4 is 5.32 Å². The molecule has 0 unspecified atom stereocenters. The Morgan fingerprint density at radius 2 is 1.91 bits per heavy atom. The van der Waals surface area contributed by atoms with E-state index in [0.717, 1.165) is 35.8 Å². The SMILES string of the molecule is CC1CCC(NC(=O)CSc2nnc(-c3cccnc3)n2-c2ccccc2C(C)C)CC1. The lowest BCUT2D eigenvalue weighted by Crippen LogP contribution is -2.38. The summed E-state index contributed by atoms with van der Waals surface area (Å²) in [5.74, 6) is 2.22. The zero-order chi connectivity index (χ0) is 22.5. The molecule has 0 bridgehead atoms. The predicted octanol–water partition coefficient (Wildman–Crippen LogP) is 5.24. The average Bonchev–Trinajstić information content (AvgIpc) is 3.23. The molecule has 2 heterocycles. The van der Waals surface area contributed by atoms with Crippen molar-refractivity contribution in [3.05, 3.63) is 54.4 Å².